The number of hydrogen-bond donors (Lipinski definition) is 0. The van der Waals surface area contributed by atoms with E-state index in [-0.39, 0.29) is 30.7 Å². The highest BCUT2D eigenvalue weighted by atomic mass is 19.3. The SMILES string of the molecule is CCN1C(=O)N(Cc2ccccc2)C2(CCN(C(=O)CC3CC3(F)F)CC2)C1=O. The van der Waals surface area contributed by atoms with Gasteiger partial charge in [-0.15, -0.1) is 0 Å². The van der Waals surface area contributed by atoms with Crippen molar-refractivity contribution in [3.8, 4) is 0 Å². The quantitative estimate of drug-likeness (QED) is 0.708. The van der Waals surface area contributed by atoms with Crippen molar-refractivity contribution in [1.29, 1.82) is 0 Å². The van der Waals surface area contributed by atoms with Crippen LogP contribution in [0.1, 0.15) is 38.2 Å². The Bertz CT molecular complexity index is 822. The van der Waals surface area contributed by atoms with E-state index in [1.54, 1.807) is 16.7 Å². The lowest BCUT2D eigenvalue weighted by atomic mass is 9.85. The van der Waals surface area contributed by atoms with Crippen molar-refractivity contribution in [3.05, 3.63) is 35.9 Å². The molecular weight excluding hydrogens is 380 g/mol. The van der Waals surface area contributed by atoms with Gasteiger partial charge in [0, 0.05) is 44.9 Å². The molecule has 0 bridgehead atoms. The highest BCUT2D eigenvalue weighted by Gasteiger charge is 2.59. The second-order valence-electron chi connectivity index (χ2n) is 8.18. The molecule has 1 spiro atoms. The van der Waals surface area contributed by atoms with Gasteiger partial charge in [-0.1, -0.05) is 30.3 Å². The lowest BCUT2D eigenvalue weighted by Gasteiger charge is -2.42. The Hall–Kier alpha value is -2.51. The van der Waals surface area contributed by atoms with Crippen LogP contribution in [-0.2, 0) is 16.1 Å². The molecule has 1 aromatic carbocycles. The first-order valence-corrected chi connectivity index (χ1v) is 10.1. The summed E-state index contributed by atoms with van der Waals surface area (Å²) in [6.07, 6.45) is 0.281. The molecule has 4 amide bonds. The van der Waals surface area contributed by atoms with E-state index in [0.29, 0.717) is 39.0 Å². The van der Waals surface area contributed by atoms with Gasteiger partial charge in [-0.05, 0) is 25.3 Å². The molecule has 156 valence electrons. The molecule has 0 N–H and O–H groups in total. The molecule has 29 heavy (non-hydrogen) atoms. The van der Waals surface area contributed by atoms with Gasteiger partial charge >= 0.3 is 6.03 Å². The van der Waals surface area contributed by atoms with Crippen LogP contribution in [0.3, 0.4) is 0 Å². The van der Waals surface area contributed by atoms with Crippen molar-refractivity contribution in [1.82, 2.24) is 14.7 Å². The fraction of sp³-hybridized carbons (Fsp3) is 0.571. The monoisotopic (exact) mass is 405 g/mol. The third-order valence-electron chi connectivity index (χ3n) is 6.44. The summed E-state index contributed by atoms with van der Waals surface area (Å²) < 4.78 is 26.3. The fourth-order valence-corrected chi connectivity index (χ4v) is 4.49. The van der Waals surface area contributed by atoms with Gasteiger partial charge < -0.3 is 9.80 Å². The molecular formula is C21H25F2N3O3. The number of likely N-dealkylation sites (tertiary alicyclic amines) is 1. The van der Waals surface area contributed by atoms with Crippen LogP contribution in [0.5, 0.6) is 0 Å². The van der Waals surface area contributed by atoms with Crippen LogP contribution in [0, 0.1) is 5.92 Å². The van der Waals surface area contributed by atoms with Crippen molar-refractivity contribution in [2.24, 2.45) is 5.92 Å². The van der Waals surface area contributed by atoms with Gasteiger partial charge in [-0.25, -0.2) is 13.6 Å². The number of piperidine rings is 1. The first-order valence-electron chi connectivity index (χ1n) is 10.1. The van der Waals surface area contributed by atoms with E-state index in [1.807, 2.05) is 30.3 Å². The zero-order valence-corrected chi connectivity index (χ0v) is 16.4. The number of urea groups is 1. The van der Waals surface area contributed by atoms with Crippen molar-refractivity contribution in [2.75, 3.05) is 19.6 Å². The standard InChI is InChI=1S/C21H25F2N3O3/c1-2-25-18(28)20(26(19(25)29)14-15-6-4-3-5-7-15)8-10-24(11-9-20)17(27)12-16-13-21(16,22)23/h3-7,16H,2,8-14H2,1H3. The molecule has 0 aromatic heterocycles. The largest absolute Gasteiger partial charge is 0.342 e. The molecule has 2 aliphatic heterocycles. The Balaban J connectivity index is 1.49. The summed E-state index contributed by atoms with van der Waals surface area (Å²) in [5.74, 6) is -4.08. The summed E-state index contributed by atoms with van der Waals surface area (Å²) in [4.78, 5) is 42.9. The number of hydrogen-bond acceptors (Lipinski definition) is 3. The zero-order chi connectivity index (χ0) is 20.8. The van der Waals surface area contributed by atoms with Crippen LogP contribution in [0.15, 0.2) is 30.3 Å². The Morgan fingerprint density at radius 2 is 1.76 bits per heavy atom. The first-order chi connectivity index (χ1) is 13.8. The number of nitrogens with zero attached hydrogens (tertiary/aromatic N) is 3. The molecule has 1 atom stereocenters. The number of imide groups is 1. The van der Waals surface area contributed by atoms with Crippen LogP contribution in [0.25, 0.3) is 0 Å². The van der Waals surface area contributed by atoms with Crippen molar-refractivity contribution in [2.45, 2.75) is 50.6 Å². The van der Waals surface area contributed by atoms with Crippen LogP contribution < -0.4 is 0 Å². The van der Waals surface area contributed by atoms with Crippen LogP contribution in [0.2, 0.25) is 0 Å². The molecule has 1 aromatic rings. The molecule has 8 heteroatoms. The van der Waals surface area contributed by atoms with E-state index in [2.05, 4.69) is 0 Å². The summed E-state index contributed by atoms with van der Waals surface area (Å²) in [5, 5.41) is 0. The van der Waals surface area contributed by atoms with Crippen LogP contribution in [0.4, 0.5) is 13.6 Å². The molecule has 2 saturated heterocycles. The lowest BCUT2D eigenvalue weighted by molar-refractivity contribution is -0.141. The summed E-state index contributed by atoms with van der Waals surface area (Å²) in [6.45, 7) is 2.97. The fourth-order valence-electron chi connectivity index (χ4n) is 4.49. The summed E-state index contributed by atoms with van der Waals surface area (Å²) in [6, 6.07) is 9.18. The van der Waals surface area contributed by atoms with Gasteiger partial charge in [-0.3, -0.25) is 14.5 Å². The van der Waals surface area contributed by atoms with Gasteiger partial charge in [-0.2, -0.15) is 0 Å². The van der Waals surface area contributed by atoms with Gasteiger partial charge in [0.15, 0.2) is 0 Å². The normalized spacial score (nSPS) is 25.1. The second-order valence-corrected chi connectivity index (χ2v) is 8.18. The predicted octanol–water partition coefficient (Wildman–Crippen LogP) is 2.88. The summed E-state index contributed by atoms with van der Waals surface area (Å²) in [7, 11) is 0. The third kappa shape index (κ3) is 3.38. The summed E-state index contributed by atoms with van der Waals surface area (Å²) >= 11 is 0. The summed E-state index contributed by atoms with van der Waals surface area (Å²) in [5.41, 5.74) is -0.0380. The molecule has 3 fully saturated rings. The maximum absolute atomic E-state index is 13.1. The average molecular weight is 405 g/mol. The third-order valence-corrected chi connectivity index (χ3v) is 6.44. The number of halogens is 2. The molecule has 2 heterocycles. The smallest absolute Gasteiger partial charge is 0.327 e. The minimum absolute atomic E-state index is 0.151. The number of alkyl halides is 2. The number of likely N-dealkylation sites (N-methyl/N-ethyl adjacent to an activating group) is 1. The molecule has 1 aliphatic carbocycles. The van der Waals surface area contributed by atoms with E-state index >= 15 is 0 Å². The van der Waals surface area contributed by atoms with Crippen LogP contribution >= 0.6 is 0 Å². The average Bonchev–Trinajstić information content (AvgIpc) is 3.27. The number of benzene rings is 1. The molecule has 3 aliphatic rings. The highest BCUT2D eigenvalue weighted by Crippen LogP contribution is 2.51. The first kappa shape index (κ1) is 19.8. The van der Waals surface area contributed by atoms with Crippen LogP contribution in [-0.4, -0.2) is 63.6 Å². The maximum atomic E-state index is 13.1. The predicted molar refractivity (Wildman–Crippen MR) is 101 cm³/mol. The Morgan fingerprint density at radius 3 is 2.31 bits per heavy atom. The van der Waals surface area contributed by atoms with Gasteiger partial charge in [0.1, 0.15) is 5.54 Å². The minimum Gasteiger partial charge on any atom is -0.342 e. The topological polar surface area (TPSA) is 60.9 Å². The Kier molecular flexibility index (Phi) is 4.83. The molecule has 0 radical (unpaired) electrons. The highest BCUT2D eigenvalue weighted by molar-refractivity contribution is 6.07. The van der Waals surface area contributed by atoms with E-state index < -0.39 is 17.4 Å². The zero-order valence-electron chi connectivity index (χ0n) is 16.4. The molecule has 1 unspecified atom stereocenters. The molecule has 1 saturated carbocycles. The lowest BCUT2D eigenvalue weighted by Crippen LogP contribution is -2.57. The second kappa shape index (κ2) is 7.07. The maximum Gasteiger partial charge on any atom is 0.327 e. The Labute approximate surface area is 168 Å². The number of rotatable bonds is 5. The Morgan fingerprint density at radius 1 is 1.14 bits per heavy atom. The van der Waals surface area contributed by atoms with E-state index in [0.717, 1.165) is 5.56 Å². The number of carbonyl (C=O) groups excluding carboxylic acids is 3. The number of amides is 4. The van der Waals surface area contributed by atoms with Crippen molar-refractivity contribution >= 4 is 17.8 Å². The molecule has 6 nitrogen and oxygen atoms in total. The van der Waals surface area contributed by atoms with Gasteiger partial charge in [0.2, 0.25) is 5.91 Å². The van der Waals surface area contributed by atoms with E-state index in [9.17, 15) is 23.2 Å². The van der Waals surface area contributed by atoms with E-state index in [4.69, 9.17) is 0 Å². The van der Waals surface area contributed by atoms with Gasteiger partial charge in [0.25, 0.3) is 11.8 Å². The molecule has 4 rings (SSSR count). The minimum atomic E-state index is -2.71. The van der Waals surface area contributed by atoms with Crippen molar-refractivity contribution < 1.29 is 23.2 Å². The van der Waals surface area contributed by atoms with E-state index in [1.165, 1.54) is 4.90 Å². The number of carbonyl (C=O) groups is 3. The van der Waals surface area contributed by atoms with Crippen molar-refractivity contribution in [3.63, 3.8) is 0 Å². The van der Waals surface area contributed by atoms with Gasteiger partial charge in [0.05, 0.1) is 0 Å².